The lowest BCUT2D eigenvalue weighted by Gasteiger charge is -2.04. The molecule has 0 spiro atoms. The number of hydrogen-bond donors (Lipinski definition) is 1. The van der Waals surface area contributed by atoms with Gasteiger partial charge in [-0.05, 0) is 24.3 Å². The van der Waals surface area contributed by atoms with Crippen LogP contribution in [0.5, 0.6) is 0 Å². The Morgan fingerprint density at radius 3 is 2.71 bits per heavy atom. The highest BCUT2D eigenvalue weighted by molar-refractivity contribution is 5.84. The number of carbonyl (C=O) groups is 1. The molecule has 1 aromatic rings. The number of nitrogens with one attached hydrogen (secondary N) is 1. The van der Waals surface area contributed by atoms with Crippen molar-refractivity contribution in [3.05, 3.63) is 42.7 Å². The van der Waals surface area contributed by atoms with Crippen molar-refractivity contribution >= 4 is 11.8 Å². The molecule has 0 aliphatic heterocycles. The van der Waals surface area contributed by atoms with Gasteiger partial charge in [-0.1, -0.05) is 12.7 Å². The Labute approximate surface area is 81.2 Å². The predicted octanol–water partition coefficient (Wildman–Crippen LogP) is 2.56. The summed E-state index contributed by atoms with van der Waals surface area (Å²) in [6, 6.07) is 5.40. The standard InChI is InChI=1S/C10H10FNO2/c1-2-7-14-10(13)12-9-5-3-8(11)4-6-9/h2-6H,1,7H2,(H,12,13). The molecule has 0 saturated heterocycles. The zero-order valence-corrected chi connectivity index (χ0v) is 7.50. The fourth-order valence-electron chi connectivity index (χ4n) is 0.822. The minimum Gasteiger partial charge on any atom is -0.445 e. The van der Waals surface area contributed by atoms with E-state index in [9.17, 15) is 9.18 Å². The largest absolute Gasteiger partial charge is 0.445 e. The molecule has 0 aromatic heterocycles. The normalized spacial score (nSPS) is 9.21. The summed E-state index contributed by atoms with van der Waals surface area (Å²) in [5, 5.41) is 2.43. The summed E-state index contributed by atoms with van der Waals surface area (Å²) in [4.78, 5) is 11.0. The molecular weight excluding hydrogens is 185 g/mol. The molecule has 0 atom stereocenters. The summed E-state index contributed by atoms with van der Waals surface area (Å²) < 4.78 is 17.1. The number of amides is 1. The van der Waals surface area contributed by atoms with Gasteiger partial charge >= 0.3 is 6.09 Å². The van der Waals surface area contributed by atoms with Crippen molar-refractivity contribution in [2.75, 3.05) is 11.9 Å². The molecule has 3 nitrogen and oxygen atoms in total. The number of ether oxygens (including phenoxy) is 1. The van der Waals surface area contributed by atoms with Gasteiger partial charge in [0.1, 0.15) is 12.4 Å². The molecule has 0 saturated carbocycles. The molecule has 0 fully saturated rings. The summed E-state index contributed by atoms with van der Waals surface area (Å²) in [5.74, 6) is -0.352. The average molecular weight is 195 g/mol. The quantitative estimate of drug-likeness (QED) is 0.752. The van der Waals surface area contributed by atoms with E-state index in [-0.39, 0.29) is 12.4 Å². The maximum atomic E-state index is 12.5. The third-order valence-electron chi connectivity index (χ3n) is 1.42. The molecule has 0 bridgehead atoms. The highest BCUT2D eigenvalue weighted by Gasteiger charge is 2.00. The first-order valence-electron chi connectivity index (χ1n) is 4.02. The van der Waals surface area contributed by atoms with E-state index in [0.29, 0.717) is 5.69 Å². The summed E-state index contributed by atoms with van der Waals surface area (Å²) >= 11 is 0. The smallest absolute Gasteiger partial charge is 0.411 e. The molecule has 1 N–H and O–H groups in total. The van der Waals surface area contributed by atoms with Crippen molar-refractivity contribution in [3.8, 4) is 0 Å². The van der Waals surface area contributed by atoms with E-state index in [1.165, 1.54) is 30.3 Å². The van der Waals surface area contributed by atoms with Gasteiger partial charge in [-0.15, -0.1) is 0 Å². The van der Waals surface area contributed by atoms with E-state index in [1.807, 2.05) is 0 Å². The molecule has 4 heteroatoms. The van der Waals surface area contributed by atoms with E-state index in [0.717, 1.165) is 0 Å². The van der Waals surface area contributed by atoms with Crippen molar-refractivity contribution in [2.45, 2.75) is 0 Å². The molecule has 0 radical (unpaired) electrons. The van der Waals surface area contributed by atoms with Gasteiger partial charge in [0.15, 0.2) is 0 Å². The van der Waals surface area contributed by atoms with Crippen LogP contribution in [0.3, 0.4) is 0 Å². The van der Waals surface area contributed by atoms with E-state index in [2.05, 4.69) is 16.6 Å². The zero-order valence-electron chi connectivity index (χ0n) is 7.50. The molecular formula is C10H10FNO2. The van der Waals surface area contributed by atoms with Gasteiger partial charge in [-0.25, -0.2) is 9.18 Å². The van der Waals surface area contributed by atoms with Gasteiger partial charge in [0.2, 0.25) is 0 Å². The Hall–Kier alpha value is -1.84. The third kappa shape index (κ3) is 3.26. The van der Waals surface area contributed by atoms with Crippen molar-refractivity contribution in [3.63, 3.8) is 0 Å². The second kappa shape index (κ2) is 5.01. The second-order valence-electron chi connectivity index (χ2n) is 2.52. The van der Waals surface area contributed by atoms with Crippen LogP contribution in [0.15, 0.2) is 36.9 Å². The number of anilines is 1. The molecule has 1 rings (SSSR count). The maximum Gasteiger partial charge on any atom is 0.411 e. The molecule has 0 heterocycles. The van der Waals surface area contributed by atoms with Crippen LogP contribution in [0.2, 0.25) is 0 Å². The van der Waals surface area contributed by atoms with Crippen molar-refractivity contribution in [1.82, 2.24) is 0 Å². The fourth-order valence-corrected chi connectivity index (χ4v) is 0.822. The number of hydrogen-bond acceptors (Lipinski definition) is 2. The van der Waals surface area contributed by atoms with Crippen LogP contribution in [0.1, 0.15) is 0 Å². The highest BCUT2D eigenvalue weighted by atomic mass is 19.1. The van der Waals surface area contributed by atoms with Crippen LogP contribution in [0.4, 0.5) is 14.9 Å². The topological polar surface area (TPSA) is 38.3 Å². The lowest BCUT2D eigenvalue weighted by molar-refractivity contribution is 0.174. The Bertz CT molecular complexity index is 321. The zero-order chi connectivity index (χ0) is 10.4. The fraction of sp³-hybridized carbons (Fsp3) is 0.100. The van der Waals surface area contributed by atoms with Crippen molar-refractivity contribution < 1.29 is 13.9 Å². The van der Waals surface area contributed by atoms with E-state index in [1.54, 1.807) is 0 Å². The lowest BCUT2D eigenvalue weighted by Crippen LogP contribution is -2.13. The van der Waals surface area contributed by atoms with Crippen LogP contribution in [0, 0.1) is 5.82 Å². The lowest BCUT2D eigenvalue weighted by atomic mass is 10.3. The van der Waals surface area contributed by atoms with Crippen LogP contribution in [-0.2, 0) is 4.74 Å². The minimum atomic E-state index is -0.587. The molecule has 14 heavy (non-hydrogen) atoms. The number of halogens is 1. The SMILES string of the molecule is C=CCOC(=O)Nc1ccc(F)cc1. The van der Waals surface area contributed by atoms with E-state index in [4.69, 9.17) is 0 Å². The second-order valence-corrected chi connectivity index (χ2v) is 2.52. The van der Waals surface area contributed by atoms with Crippen LogP contribution in [0.25, 0.3) is 0 Å². The third-order valence-corrected chi connectivity index (χ3v) is 1.42. The molecule has 0 aliphatic carbocycles. The van der Waals surface area contributed by atoms with Gasteiger partial charge in [0.05, 0.1) is 0 Å². The summed E-state index contributed by atoms with van der Waals surface area (Å²) in [6.45, 7) is 3.54. The molecule has 1 amide bonds. The summed E-state index contributed by atoms with van der Waals surface area (Å²) in [6.07, 6.45) is 0.876. The molecule has 0 unspecified atom stereocenters. The first-order valence-corrected chi connectivity index (χ1v) is 4.02. The minimum absolute atomic E-state index is 0.146. The van der Waals surface area contributed by atoms with Gasteiger partial charge in [0, 0.05) is 5.69 Å². The van der Waals surface area contributed by atoms with Crippen LogP contribution < -0.4 is 5.32 Å². The summed E-state index contributed by atoms with van der Waals surface area (Å²) in [7, 11) is 0. The van der Waals surface area contributed by atoms with E-state index >= 15 is 0 Å². The van der Waals surface area contributed by atoms with Crippen LogP contribution in [-0.4, -0.2) is 12.7 Å². The Kier molecular flexibility index (Phi) is 3.67. The number of benzene rings is 1. The molecule has 74 valence electrons. The maximum absolute atomic E-state index is 12.5. The van der Waals surface area contributed by atoms with Crippen molar-refractivity contribution in [2.24, 2.45) is 0 Å². The first kappa shape index (κ1) is 10.2. The van der Waals surface area contributed by atoms with Gasteiger partial charge in [-0.3, -0.25) is 5.32 Å². The first-order chi connectivity index (χ1) is 6.72. The van der Waals surface area contributed by atoms with Crippen molar-refractivity contribution in [1.29, 1.82) is 0 Å². The van der Waals surface area contributed by atoms with Gasteiger partial charge in [0.25, 0.3) is 0 Å². The molecule has 0 aliphatic rings. The number of carbonyl (C=O) groups excluding carboxylic acids is 1. The van der Waals surface area contributed by atoms with Gasteiger partial charge in [-0.2, -0.15) is 0 Å². The number of rotatable bonds is 3. The average Bonchev–Trinajstić information content (AvgIpc) is 2.18. The van der Waals surface area contributed by atoms with Gasteiger partial charge < -0.3 is 4.74 Å². The van der Waals surface area contributed by atoms with E-state index < -0.39 is 6.09 Å². The Morgan fingerprint density at radius 1 is 1.50 bits per heavy atom. The highest BCUT2D eigenvalue weighted by Crippen LogP contribution is 2.08. The Balaban J connectivity index is 2.47. The predicted molar refractivity (Wildman–Crippen MR) is 51.6 cm³/mol. The Morgan fingerprint density at radius 2 is 2.14 bits per heavy atom. The summed E-state index contributed by atoms with van der Waals surface area (Å²) in [5.41, 5.74) is 0.487. The monoisotopic (exact) mass is 195 g/mol. The van der Waals surface area contributed by atoms with Crippen LogP contribution >= 0.6 is 0 Å². The molecule has 1 aromatic carbocycles.